The van der Waals surface area contributed by atoms with E-state index in [1.807, 2.05) is 0 Å². The van der Waals surface area contributed by atoms with Gasteiger partial charge < -0.3 is 20.1 Å². The van der Waals surface area contributed by atoms with Gasteiger partial charge in [-0.3, -0.25) is 14.4 Å². The zero-order valence-corrected chi connectivity index (χ0v) is 19.7. The number of nitrogens with one attached hydrogen (secondary N) is 2. The van der Waals surface area contributed by atoms with E-state index >= 15 is 0 Å². The summed E-state index contributed by atoms with van der Waals surface area (Å²) in [6, 6.07) is 3.41. The zero-order chi connectivity index (χ0) is 24.2. The number of amides is 2. The maximum atomic E-state index is 13.8. The smallest absolute Gasteiger partial charge is 0.251 e. The van der Waals surface area contributed by atoms with Crippen molar-refractivity contribution in [3.8, 4) is 0 Å². The van der Waals surface area contributed by atoms with Crippen molar-refractivity contribution < 1.29 is 14.0 Å². The van der Waals surface area contributed by atoms with Crippen LogP contribution in [-0.2, 0) is 22.6 Å². The van der Waals surface area contributed by atoms with E-state index in [1.165, 1.54) is 16.8 Å². The fourth-order valence-electron chi connectivity index (χ4n) is 4.87. The molecule has 2 amide bonds. The van der Waals surface area contributed by atoms with E-state index in [0.717, 1.165) is 37.7 Å². The number of rotatable bonds is 7. The molecule has 2 aromatic rings. The van der Waals surface area contributed by atoms with Gasteiger partial charge in [-0.05, 0) is 56.3 Å². The monoisotopic (exact) mass is 469 g/mol. The van der Waals surface area contributed by atoms with Crippen molar-refractivity contribution in [3.63, 3.8) is 0 Å². The number of anilines is 1. The Labute approximate surface area is 198 Å². The first kappa shape index (κ1) is 24.1. The third kappa shape index (κ3) is 5.19. The van der Waals surface area contributed by atoms with Gasteiger partial charge in [-0.2, -0.15) is 4.39 Å². The van der Waals surface area contributed by atoms with Crippen molar-refractivity contribution in [2.24, 2.45) is 5.92 Å². The SMILES string of the molecule is CN[C@@H](C)C(=O)N[C@H](C(=O)N1CCc2cc(=O)n(Cc3ccc(F)nc3)cc21)C1CCCCC1. The Morgan fingerprint density at radius 2 is 2.00 bits per heavy atom. The summed E-state index contributed by atoms with van der Waals surface area (Å²) in [7, 11) is 1.72. The van der Waals surface area contributed by atoms with Gasteiger partial charge in [-0.1, -0.05) is 25.3 Å². The summed E-state index contributed by atoms with van der Waals surface area (Å²) in [6.45, 7) is 2.46. The highest BCUT2D eigenvalue weighted by atomic mass is 19.1. The molecule has 1 aliphatic heterocycles. The van der Waals surface area contributed by atoms with Crippen LogP contribution in [0.3, 0.4) is 0 Å². The van der Waals surface area contributed by atoms with Crippen LogP contribution in [0.15, 0.2) is 35.4 Å². The molecular weight excluding hydrogens is 437 g/mol. The van der Waals surface area contributed by atoms with E-state index in [0.29, 0.717) is 24.2 Å². The summed E-state index contributed by atoms with van der Waals surface area (Å²) < 4.78 is 14.7. The van der Waals surface area contributed by atoms with Gasteiger partial charge in [0.25, 0.3) is 5.56 Å². The van der Waals surface area contributed by atoms with Gasteiger partial charge in [-0.15, -0.1) is 0 Å². The van der Waals surface area contributed by atoms with Crippen LogP contribution in [0, 0.1) is 11.9 Å². The van der Waals surface area contributed by atoms with Crippen LogP contribution >= 0.6 is 0 Å². The third-order valence-electron chi connectivity index (χ3n) is 7.00. The molecule has 0 unspecified atom stereocenters. The predicted molar refractivity (Wildman–Crippen MR) is 127 cm³/mol. The highest BCUT2D eigenvalue weighted by molar-refractivity contribution is 6.01. The molecule has 0 radical (unpaired) electrons. The Balaban J connectivity index is 1.60. The molecule has 2 N–H and O–H groups in total. The highest BCUT2D eigenvalue weighted by Gasteiger charge is 2.37. The second-order valence-corrected chi connectivity index (χ2v) is 9.27. The molecule has 1 fully saturated rings. The van der Waals surface area contributed by atoms with Crippen LogP contribution in [0.2, 0.25) is 0 Å². The molecule has 2 aliphatic rings. The quantitative estimate of drug-likeness (QED) is 0.605. The van der Waals surface area contributed by atoms with Gasteiger partial charge in [0.2, 0.25) is 17.8 Å². The molecule has 1 saturated carbocycles. The van der Waals surface area contributed by atoms with Crippen molar-refractivity contribution in [2.45, 2.75) is 64.1 Å². The van der Waals surface area contributed by atoms with Crippen molar-refractivity contribution in [3.05, 3.63) is 58.0 Å². The van der Waals surface area contributed by atoms with Crippen LogP contribution in [-0.4, -0.2) is 47.0 Å². The topological polar surface area (TPSA) is 96.3 Å². The maximum absolute atomic E-state index is 13.8. The molecule has 0 spiro atoms. The summed E-state index contributed by atoms with van der Waals surface area (Å²) in [5, 5.41) is 5.94. The summed E-state index contributed by atoms with van der Waals surface area (Å²) in [5.74, 6) is -0.810. The first-order valence-corrected chi connectivity index (χ1v) is 12.0. The number of carbonyl (C=O) groups is 2. The lowest BCUT2D eigenvalue weighted by Crippen LogP contribution is -2.55. The number of carbonyl (C=O) groups excluding carboxylic acids is 2. The lowest BCUT2D eigenvalue weighted by molar-refractivity contribution is -0.130. The van der Waals surface area contributed by atoms with Crippen molar-refractivity contribution in [2.75, 3.05) is 18.5 Å². The minimum atomic E-state index is -0.601. The number of nitrogens with zero attached hydrogens (tertiary/aromatic N) is 3. The Kier molecular flexibility index (Phi) is 7.41. The largest absolute Gasteiger partial charge is 0.343 e. The standard InChI is InChI=1S/C25H32FN5O3/c1-16(27-2)24(33)29-23(18-6-4-3-5-7-18)25(34)31-11-10-19-12-22(32)30(15-20(19)31)14-17-8-9-21(26)28-13-17/h8-9,12-13,15-16,18,23,27H,3-7,10-11,14H2,1-2H3,(H,29,33)/t16-,23-/m0/s1. The van der Waals surface area contributed by atoms with E-state index in [2.05, 4.69) is 15.6 Å². The van der Waals surface area contributed by atoms with Gasteiger partial charge >= 0.3 is 0 Å². The molecule has 2 aromatic heterocycles. The van der Waals surface area contributed by atoms with E-state index in [9.17, 15) is 18.8 Å². The van der Waals surface area contributed by atoms with E-state index < -0.39 is 18.0 Å². The number of pyridine rings is 2. The number of halogens is 1. The van der Waals surface area contributed by atoms with Crippen LogP contribution in [0.5, 0.6) is 0 Å². The molecule has 34 heavy (non-hydrogen) atoms. The van der Waals surface area contributed by atoms with Gasteiger partial charge in [0.1, 0.15) is 6.04 Å². The van der Waals surface area contributed by atoms with Crippen molar-refractivity contribution in [1.29, 1.82) is 0 Å². The molecule has 182 valence electrons. The maximum Gasteiger partial charge on any atom is 0.251 e. The van der Waals surface area contributed by atoms with Gasteiger partial charge in [0.05, 0.1) is 18.3 Å². The summed E-state index contributed by atoms with van der Waals surface area (Å²) in [5.41, 5.74) is 2.02. The fourth-order valence-corrected chi connectivity index (χ4v) is 4.87. The van der Waals surface area contributed by atoms with Gasteiger partial charge in [0, 0.05) is 25.0 Å². The van der Waals surface area contributed by atoms with Crippen LogP contribution in [0.25, 0.3) is 0 Å². The number of fused-ring (bicyclic) bond motifs is 1. The minimum absolute atomic E-state index is 0.0921. The lowest BCUT2D eigenvalue weighted by atomic mass is 9.83. The van der Waals surface area contributed by atoms with Crippen LogP contribution in [0.1, 0.15) is 50.2 Å². The summed E-state index contributed by atoms with van der Waals surface area (Å²) in [4.78, 5) is 44.5. The normalized spacial score (nSPS) is 17.8. The molecule has 4 rings (SSSR count). The number of hydrogen-bond acceptors (Lipinski definition) is 5. The highest BCUT2D eigenvalue weighted by Crippen LogP contribution is 2.32. The average molecular weight is 470 g/mol. The first-order valence-electron chi connectivity index (χ1n) is 12.0. The Morgan fingerprint density at radius 3 is 2.68 bits per heavy atom. The number of likely N-dealkylation sites (N-methyl/N-ethyl adjacent to an activating group) is 1. The molecule has 3 heterocycles. The minimum Gasteiger partial charge on any atom is -0.343 e. The average Bonchev–Trinajstić information content (AvgIpc) is 3.26. The molecular formula is C25H32FN5O3. The number of hydrogen-bond donors (Lipinski definition) is 2. The second kappa shape index (κ2) is 10.5. The van der Waals surface area contributed by atoms with E-state index in [-0.39, 0.29) is 29.8 Å². The van der Waals surface area contributed by atoms with Crippen LogP contribution in [0.4, 0.5) is 10.1 Å². The Morgan fingerprint density at radius 1 is 1.24 bits per heavy atom. The fraction of sp³-hybridized carbons (Fsp3) is 0.520. The third-order valence-corrected chi connectivity index (χ3v) is 7.00. The lowest BCUT2D eigenvalue weighted by Gasteiger charge is -2.33. The van der Waals surface area contributed by atoms with Crippen molar-refractivity contribution in [1.82, 2.24) is 20.2 Å². The number of aromatic nitrogens is 2. The molecule has 8 nitrogen and oxygen atoms in total. The Bertz CT molecular complexity index is 1090. The predicted octanol–water partition coefficient (Wildman–Crippen LogP) is 1.99. The summed E-state index contributed by atoms with van der Waals surface area (Å²) in [6.07, 6.45) is 8.74. The van der Waals surface area contributed by atoms with E-state index in [4.69, 9.17) is 0 Å². The molecule has 0 saturated heterocycles. The van der Waals surface area contributed by atoms with Crippen molar-refractivity contribution >= 4 is 17.5 Å². The molecule has 0 aromatic carbocycles. The molecule has 1 aliphatic carbocycles. The van der Waals surface area contributed by atoms with Gasteiger partial charge in [0.15, 0.2) is 0 Å². The second-order valence-electron chi connectivity index (χ2n) is 9.27. The Hall–Kier alpha value is -3.07. The van der Waals surface area contributed by atoms with Crippen LogP contribution < -0.4 is 21.1 Å². The molecule has 2 atom stereocenters. The van der Waals surface area contributed by atoms with E-state index in [1.54, 1.807) is 37.2 Å². The van der Waals surface area contributed by atoms with Gasteiger partial charge in [-0.25, -0.2) is 4.98 Å². The molecule has 9 heteroatoms. The molecule has 0 bridgehead atoms. The zero-order valence-electron chi connectivity index (χ0n) is 19.7. The first-order chi connectivity index (χ1) is 16.4. The summed E-state index contributed by atoms with van der Waals surface area (Å²) >= 11 is 0.